The van der Waals surface area contributed by atoms with Crippen LogP contribution in [0, 0.1) is 0 Å². The number of rotatable bonds is 6. The topological polar surface area (TPSA) is 73.9 Å². The molecule has 1 aromatic rings. The van der Waals surface area contributed by atoms with Gasteiger partial charge in [0, 0.05) is 44.3 Å². The number of carbonyl (C=O) groups excluding carboxylic acids is 2. The molecule has 2 saturated heterocycles. The third-order valence-corrected chi connectivity index (χ3v) is 4.84. The van der Waals surface area contributed by atoms with Gasteiger partial charge in [0.2, 0.25) is 5.91 Å². The smallest absolute Gasteiger partial charge is 0.317 e. The average Bonchev–Trinajstić information content (AvgIpc) is 3.07. The molecule has 1 aromatic carbocycles. The fourth-order valence-electron chi connectivity index (χ4n) is 3.48. The molecule has 0 spiro atoms. The Morgan fingerprint density at radius 1 is 1.32 bits per heavy atom. The van der Waals surface area contributed by atoms with Crippen molar-refractivity contribution in [1.82, 2.24) is 15.1 Å². The number of nitrogens with zero attached hydrogens (tertiary/aromatic N) is 2. The van der Waals surface area contributed by atoms with Gasteiger partial charge in [-0.3, -0.25) is 4.79 Å². The van der Waals surface area contributed by atoms with Crippen LogP contribution in [-0.4, -0.2) is 67.6 Å². The standard InChI is InChI=1S/C18H26N4O3/c1-25-16-6-4-14(5-7-16)20-17(23)8-11-21-10-2-3-15(13-21)22-12-9-19-18(22)24/h4-7,15H,2-3,8-13H2,1H3,(H,19,24)(H,20,23)/t15-/m1/s1. The zero-order valence-corrected chi connectivity index (χ0v) is 14.7. The van der Waals surface area contributed by atoms with E-state index in [4.69, 9.17) is 4.74 Å². The van der Waals surface area contributed by atoms with Crippen molar-refractivity contribution >= 4 is 17.6 Å². The maximum absolute atomic E-state index is 12.2. The zero-order valence-electron chi connectivity index (χ0n) is 14.7. The normalized spacial score (nSPS) is 21.1. The summed E-state index contributed by atoms with van der Waals surface area (Å²) in [7, 11) is 1.62. The number of ether oxygens (including phenoxy) is 1. The van der Waals surface area contributed by atoms with Crippen LogP contribution in [0.3, 0.4) is 0 Å². The lowest BCUT2D eigenvalue weighted by molar-refractivity contribution is -0.116. The Morgan fingerprint density at radius 3 is 2.80 bits per heavy atom. The SMILES string of the molecule is COc1ccc(NC(=O)CCN2CCC[C@@H](N3CCNC3=O)C2)cc1. The summed E-state index contributed by atoms with van der Waals surface area (Å²) < 4.78 is 5.11. The molecule has 1 atom stereocenters. The van der Waals surface area contributed by atoms with Gasteiger partial charge >= 0.3 is 6.03 Å². The predicted octanol–water partition coefficient (Wildman–Crippen LogP) is 1.51. The van der Waals surface area contributed by atoms with Crippen LogP contribution in [0.2, 0.25) is 0 Å². The van der Waals surface area contributed by atoms with E-state index < -0.39 is 0 Å². The number of piperidine rings is 1. The molecule has 2 heterocycles. The third-order valence-electron chi connectivity index (χ3n) is 4.84. The molecular weight excluding hydrogens is 320 g/mol. The first kappa shape index (κ1) is 17.5. The molecule has 136 valence electrons. The van der Waals surface area contributed by atoms with Gasteiger partial charge in [0.1, 0.15) is 5.75 Å². The Hall–Kier alpha value is -2.28. The first-order chi connectivity index (χ1) is 12.2. The van der Waals surface area contributed by atoms with Crippen LogP contribution in [0.25, 0.3) is 0 Å². The van der Waals surface area contributed by atoms with Crippen LogP contribution in [0.4, 0.5) is 10.5 Å². The third kappa shape index (κ3) is 4.63. The molecule has 7 nitrogen and oxygen atoms in total. The first-order valence-electron chi connectivity index (χ1n) is 8.86. The highest BCUT2D eigenvalue weighted by atomic mass is 16.5. The molecule has 2 aliphatic rings. The summed E-state index contributed by atoms with van der Waals surface area (Å²) >= 11 is 0. The van der Waals surface area contributed by atoms with Crippen molar-refractivity contribution < 1.29 is 14.3 Å². The van der Waals surface area contributed by atoms with Gasteiger partial charge in [-0.15, -0.1) is 0 Å². The van der Waals surface area contributed by atoms with Crippen LogP contribution in [0.1, 0.15) is 19.3 Å². The maximum atomic E-state index is 12.2. The van der Waals surface area contributed by atoms with Crippen molar-refractivity contribution in [2.24, 2.45) is 0 Å². The van der Waals surface area contributed by atoms with E-state index in [-0.39, 0.29) is 18.0 Å². The van der Waals surface area contributed by atoms with Crippen molar-refractivity contribution in [1.29, 1.82) is 0 Å². The molecule has 3 rings (SSSR count). The number of likely N-dealkylation sites (tertiary alicyclic amines) is 1. The summed E-state index contributed by atoms with van der Waals surface area (Å²) in [5.41, 5.74) is 0.774. The van der Waals surface area contributed by atoms with E-state index in [0.29, 0.717) is 13.0 Å². The van der Waals surface area contributed by atoms with Crippen molar-refractivity contribution in [2.75, 3.05) is 45.2 Å². The van der Waals surface area contributed by atoms with Crippen LogP contribution in [0.5, 0.6) is 5.75 Å². The lowest BCUT2D eigenvalue weighted by Gasteiger charge is -2.36. The first-order valence-corrected chi connectivity index (χ1v) is 8.86. The number of amides is 3. The maximum Gasteiger partial charge on any atom is 0.317 e. The molecular formula is C18H26N4O3. The number of hydrogen-bond acceptors (Lipinski definition) is 4. The largest absolute Gasteiger partial charge is 0.497 e. The molecule has 0 radical (unpaired) electrons. The average molecular weight is 346 g/mol. The summed E-state index contributed by atoms with van der Waals surface area (Å²) in [6.45, 7) is 4.08. The highest BCUT2D eigenvalue weighted by molar-refractivity contribution is 5.90. The molecule has 7 heteroatoms. The molecule has 3 amide bonds. The Balaban J connectivity index is 1.44. The van der Waals surface area contributed by atoms with Gasteiger partial charge in [-0.25, -0.2) is 4.79 Å². The minimum Gasteiger partial charge on any atom is -0.497 e. The second-order valence-corrected chi connectivity index (χ2v) is 6.55. The fraction of sp³-hybridized carbons (Fsp3) is 0.556. The number of methoxy groups -OCH3 is 1. The molecule has 25 heavy (non-hydrogen) atoms. The van der Waals surface area contributed by atoms with Crippen molar-refractivity contribution in [3.05, 3.63) is 24.3 Å². The van der Waals surface area contributed by atoms with E-state index in [1.165, 1.54) is 0 Å². The monoisotopic (exact) mass is 346 g/mol. The Bertz CT molecular complexity index is 605. The fourth-order valence-corrected chi connectivity index (χ4v) is 3.48. The van der Waals surface area contributed by atoms with Crippen molar-refractivity contribution in [2.45, 2.75) is 25.3 Å². The number of anilines is 1. The lowest BCUT2D eigenvalue weighted by atomic mass is 10.0. The Morgan fingerprint density at radius 2 is 2.12 bits per heavy atom. The van der Waals surface area contributed by atoms with Gasteiger partial charge < -0.3 is 25.2 Å². The van der Waals surface area contributed by atoms with Crippen molar-refractivity contribution in [3.8, 4) is 5.75 Å². The second-order valence-electron chi connectivity index (χ2n) is 6.55. The lowest BCUT2D eigenvalue weighted by Crippen LogP contribution is -2.49. The number of urea groups is 1. The molecule has 2 fully saturated rings. The molecule has 0 aromatic heterocycles. The molecule has 2 N–H and O–H groups in total. The highest BCUT2D eigenvalue weighted by Crippen LogP contribution is 2.18. The van der Waals surface area contributed by atoms with Crippen molar-refractivity contribution in [3.63, 3.8) is 0 Å². The summed E-state index contributed by atoms with van der Waals surface area (Å²) in [6.07, 6.45) is 2.56. The van der Waals surface area contributed by atoms with Crippen LogP contribution < -0.4 is 15.4 Å². The summed E-state index contributed by atoms with van der Waals surface area (Å²) in [5.74, 6) is 0.773. The molecule has 0 saturated carbocycles. The van der Waals surface area contributed by atoms with E-state index in [0.717, 1.165) is 50.5 Å². The quantitative estimate of drug-likeness (QED) is 0.819. The number of hydrogen-bond donors (Lipinski definition) is 2. The van der Waals surface area contributed by atoms with Gasteiger partial charge in [-0.05, 0) is 43.7 Å². The predicted molar refractivity (Wildman–Crippen MR) is 95.8 cm³/mol. The minimum absolute atomic E-state index is 0.00575. The van der Waals surface area contributed by atoms with E-state index in [1.54, 1.807) is 7.11 Å². The van der Waals surface area contributed by atoms with Crippen LogP contribution in [0.15, 0.2) is 24.3 Å². The van der Waals surface area contributed by atoms with Gasteiger partial charge in [0.25, 0.3) is 0 Å². The molecule has 0 bridgehead atoms. The molecule has 0 aliphatic carbocycles. The van der Waals surface area contributed by atoms with E-state index in [9.17, 15) is 9.59 Å². The molecule has 2 aliphatic heterocycles. The van der Waals surface area contributed by atoms with E-state index >= 15 is 0 Å². The van der Waals surface area contributed by atoms with Gasteiger partial charge in [-0.1, -0.05) is 0 Å². The van der Waals surface area contributed by atoms with E-state index in [2.05, 4.69) is 15.5 Å². The Kier molecular flexibility index (Phi) is 5.75. The van der Waals surface area contributed by atoms with Crippen LogP contribution in [-0.2, 0) is 4.79 Å². The highest BCUT2D eigenvalue weighted by Gasteiger charge is 2.31. The van der Waals surface area contributed by atoms with Crippen LogP contribution >= 0.6 is 0 Å². The summed E-state index contributed by atoms with van der Waals surface area (Å²) in [5, 5.41) is 5.77. The molecule has 0 unspecified atom stereocenters. The number of carbonyl (C=O) groups is 2. The van der Waals surface area contributed by atoms with Gasteiger partial charge in [0.15, 0.2) is 0 Å². The Labute approximate surface area is 148 Å². The summed E-state index contributed by atoms with van der Waals surface area (Å²) in [4.78, 5) is 28.2. The van der Waals surface area contributed by atoms with E-state index in [1.807, 2.05) is 29.2 Å². The zero-order chi connectivity index (χ0) is 17.6. The minimum atomic E-state index is 0.00575. The number of nitrogens with one attached hydrogen (secondary N) is 2. The second kappa shape index (κ2) is 8.20. The summed E-state index contributed by atoms with van der Waals surface area (Å²) in [6, 6.07) is 7.63. The van der Waals surface area contributed by atoms with Gasteiger partial charge in [0.05, 0.1) is 7.11 Å². The number of benzene rings is 1. The van der Waals surface area contributed by atoms with Gasteiger partial charge in [-0.2, -0.15) is 0 Å².